The molecule has 444 valence electrons. The molecule has 0 bridgehead atoms. The van der Waals surface area contributed by atoms with Crippen LogP contribution in [0.3, 0.4) is 0 Å². The van der Waals surface area contributed by atoms with Gasteiger partial charge in [-0.15, -0.1) is 0 Å². The first kappa shape index (κ1) is 57.3. The molecule has 0 spiro atoms. The summed E-state index contributed by atoms with van der Waals surface area (Å²) in [6.45, 7) is 7.37. The Kier molecular flexibility index (Phi) is 14.5. The summed E-state index contributed by atoms with van der Waals surface area (Å²) in [5.41, 5.74) is 12.9. The predicted octanol–water partition coefficient (Wildman–Crippen LogP) is 19.8. The normalized spacial score (nSPS) is 15.1. The molecule has 9 nitrogen and oxygen atoms in total. The summed E-state index contributed by atoms with van der Waals surface area (Å²) in [6.07, 6.45) is 0. The lowest BCUT2D eigenvalue weighted by Crippen LogP contribution is -2.26. The van der Waals surface area contributed by atoms with Gasteiger partial charge >= 0.3 is 14.7 Å². The quantitative estimate of drug-likeness (QED) is 0.0759. The summed E-state index contributed by atoms with van der Waals surface area (Å²) in [6, 6.07) is 90.9. The molecule has 0 saturated carbocycles. The van der Waals surface area contributed by atoms with E-state index in [2.05, 4.69) is 138 Å². The van der Waals surface area contributed by atoms with Crippen molar-refractivity contribution in [1.82, 2.24) is 0 Å². The summed E-state index contributed by atoms with van der Waals surface area (Å²) in [7, 11) is -0.926. The zero-order valence-electron chi connectivity index (χ0n) is 50.6. The second-order valence-corrected chi connectivity index (χ2v) is 27.0. The van der Waals surface area contributed by atoms with Crippen LogP contribution in [0, 0.1) is 6.57 Å². The second kappa shape index (κ2) is 23.3. The van der Waals surface area contributed by atoms with E-state index >= 15 is 4.57 Å². The molecule has 0 N–H and O–H groups in total. The summed E-state index contributed by atoms with van der Waals surface area (Å²) in [4.78, 5) is 3.56. The number of rotatable bonds is 10. The Morgan fingerprint density at radius 3 is 1.10 bits per heavy atom. The molecular formula is C81H57NO8P2. The molecule has 14 aromatic carbocycles. The number of nitrogens with zero attached hydrogens (tertiary/aromatic N) is 1. The lowest BCUT2D eigenvalue weighted by atomic mass is 9.78. The number of ether oxygens (including phenoxy) is 4. The van der Waals surface area contributed by atoms with Crippen molar-refractivity contribution in [3.05, 3.63) is 284 Å². The maximum atomic E-state index is 15.8. The van der Waals surface area contributed by atoms with E-state index < -0.39 is 14.7 Å². The maximum Gasteiger partial charge on any atom is 0.311 e. The lowest BCUT2D eigenvalue weighted by Gasteiger charge is -2.30. The fourth-order valence-corrected chi connectivity index (χ4v) is 18.4. The van der Waals surface area contributed by atoms with E-state index in [1.807, 2.05) is 127 Å². The highest BCUT2D eigenvalue weighted by molar-refractivity contribution is 7.75. The minimum atomic E-state index is -3.78. The highest BCUT2D eigenvalue weighted by atomic mass is 31.2. The van der Waals surface area contributed by atoms with Crippen LogP contribution in [0.2, 0.25) is 0 Å². The molecule has 2 unspecified atom stereocenters. The minimum absolute atomic E-state index is 0.437. The Morgan fingerprint density at radius 2 is 0.674 bits per heavy atom. The van der Waals surface area contributed by atoms with Crippen molar-refractivity contribution < 1.29 is 37.1 Å². The van der Waals surface area contributed by atoms with Gasteiger partial charge < -0.3 is 28.0 Å². The van der Waals surface area contributed by atoms with Gasteiger partial charge in [0.05, 0.1) is 56.2 Å². The standard InChI is InChI=1S/C52H37O4P.C29H20NO4P/c1-54-45-33-47(57(53)46-30-18-16-28-39(46)38-27-15-17-29-44(38)56-57)52(55-2)43-32-42-41(31-40(43)45)48(34-19-7-3-8-20-34)50(36-23-11-5-12-24-36)51(37-25-13-6-14-26-37)49(42)35-21-9-4-10-22-35;1-30-20-13-12-18-15-23-24(16-19(18)14-20)29(33-3)28(17-26(23)32-2)35(31)27-11-7-5-9-22(27)21-8-4-6-10-25(21)34-35/h3-33H,1-2H3;4-17H,2-3H3. The largest absolute Gasteiger partial charge is 0.496 e. The molecule has 0 saturated heterocycles. The lowest BCUT2D eigenvalue weighted by molar-refractivity contribution is 0.412. The van der Waals surface area contributed by atoms with Gasteiger partial charge in [-0.1, -0.05) is 206 Å². The van der Waals surface area contributed by atoms with Gasteiger partial charge in [0.15, 0.2) is 5.69 Å². The first-order chi connectivity index (χ1) is 45.2. The van der Waals surface area contributed by atoms with E-state index in [0.29, 0.717) is 61.4 Å². The average Bonchev–Trinajstić information content (AvgIpc) is 0.732. The van der Waals surface area contributed by atoms with E-state index in [1.54, 1.807) is 40.6 Å². The summed E-state index contributed by atoms with van der Waals surface area (Å²) >= 11 is 0. The summed E-state index contributed by atoms with van der Waals surface area (Å²) in [5, 5.41) is 9.25. The Labute approximate surface area is 533 Å². The van der Waals surface area contributed by atoms with E-state index in [-0.39, 0.29) is 0 Å². The number of benzene rings is 14. The van der Waals surface area contributed by atoms with Crippen molar-refractivity contribution in [1.29, 1.82) is 0 Å². The molecule has 0 radical (unpaired) electrons. The Morgan fingerprint density at radius 1 is 0.315 bits per heavy atom. The van der Waals surface area contributed by atoms with Crippen LogP contribution in [-0.4, -0.2) is 28.4 Å². The summed E-state index contributed by atoms with van der Waals surface area (Å²) < 4.78 is 68.0. The van der Waals surface area contributed by atoms with Crippen molar-refractivity contribution in [3.8, 4) is 101 Å². The summed E-state index contributed by atoms with van der Waals surface area (Å²) in [5.74, 6) is 3.23. The van der Waals surface area contributed by atoms with E-state index in [4.69, 9.17) is 34.6 Å². The second-order valence-electron chi connectivity index (χ2n) is 22.5. The van der Waals surface area contributed by atoms with Gasteiger partial charge in [0.25, 0.3) is 0 Å². The van der Waals surface area contributed by atoms with Gasteiger partial charge in [-0.25, -0.2) is 4.85 Å². The average molecular weight is 1230 g/mol. The third-order valence-electron chi connectivity index (χ3n) is 17.5. The van der Waals surface area contributed by atoms with Crippen LogP contribution in [0.15, 0.2) is 273 Å². The molecular weight excluding hydrogens is 1180 g/mol. The molecule has 0 aliphatic carbocycles. The molecule has 2 atom stereocenters. The van der Waals surface area contributed by atoms with Crippen LogP contribution >= 0.6 is 14.7 Å². The monoisotopic (exact) mass is 1230 g/mol. The highest BCUT2D eigenvalue weighted by Gasteiger charge is 2.43. The van der Waals surface area contributed by atoms with Crippen LogP contribution in [0.5, 0.6) is 34.5 Å². The van der Waals surface area contributed by atoms with Crippen molar-refractivity contribution in [3.63, 3.8) is 0 Å². The van der Waals surface area contributed by atoms with Gasteiger partial charge in [0, 0.05) is 32.7 Å². The smallest absolute Gasteiger partial charge is 0.311 e. The SMILES string of the molecule is COc1cc(P2(=O)Oc3ccccc3-c3ccccc32)c(OC)c2cc3c(-c4ccccc4)c(-c4ccccc4)c(-c4ccccc4)c(-c4ccccc4)c3cc12.[C-]#[N+]c1ccc2cc3c(OC)cc(P4(=O)Oc5ccccc5-c5ccccc54)c(OC)c3cc2c1. The van der Waals surface area contributed by atoms with Crippen molar-refractivity contribution >= 4 is 84.7 Å². The molecule has 92 heavy (non-hydrogen) atoms. The van der Waals surface area contributed by atoms with E-state index in [0.717, 1.165) is 110 Å². The van der Waals surface area contributed by atoms with Gasteiger partial charge in [-0.05, 0) is 144 Å². The molecule has 2 aliphatic rings. The number of fused-ring (bicyclic) bond motifs is 10. The molecule has 2 heterocycles. The molecule has 0 amide bonds. The van der Waals surface area contributed by atoms with Gasteiger partial charge in [-0.2, -0.15) is 0 Å². The fourth-order valence-electron chi connectivity index (χ4n) is 13.5. The third-order valence-corrected chi connectivity index (χ3v) is 22.4. The van der Waals surface area contributed by atoms with Crippen LogP contribution in [0.25, 0.3) is 115 Å². The van der Waals surface area contributed by atoms with Crippen molar-refractivity contribution in [2.45, 2.75) is 0 Å². The van der Waals surface area contributed by atoms with Crippen LogP contribution in [0.1, 0.15) is 0 Å². The number of hydrogen-bond acceptors (Lipinski definition) is 8. The Hall–Kier alpha value is -11.1. The van der Waals surface area contributed by atoms with Crippen LogP contribution in [0.4, 0.5) is 5.69 Å². The predicted molar refractivity (Wildman–Crippen MR) is 376 cm³/mol. The Balaban J connectivity index is 0.000000171. The minimum Gasteiger partial charge on any atom is -0.496 e. The van der Waals surface area contributed by atoms with Crippen molar-refractivity contribution in [2.24, 2.45) is 0 Å². The van der Waals surface area contributed by atoms with Crippen LogP contribution in [-0.2, 0) is 9.13 Å². The zero-order valence-corrected chi connectivity index (χ0v) is 52.4. The van der Waals surface area contributed by atoms with Crippen LogP contribution < -0.4 is 49.2 Å². The highest BCUT2D eigenvalue weighted by Crippen LogP contribution is 2.60. The molecule has 11 heteroatoms. The van der Waals surface area contributed by atoms with E-state index in [1.165, 1.54) is 0 Å². The first-order valence-electron chi connectivity index (χ1n) is 30.1. The number of para-hydroxylation sites is 2. The van der Waals surface area contributed by atoms with Gasteiger partial charge in [0.1, 0.15) is 34.5 Å². The molecule has 16 rings (SSSR count). The molecule has 2 aliphatic heterocycles. The third kappa shape index (κ3) is 9.37. The fraction of sp³-hybridized carbons (Fsp3) is 0.0494. The van der Waals surface area contributed by atoms with Gasteiger partial charge in [0.2, 0.25) is 0 Å². The Bertz CT molecular complexity index is 5420. The molecule has 0 fully saturated rings. The van der Waals surface area contributed by atoms with Gasteiger partial charge in [-0.3, -0.25) is 9.13 Å². The number of methoxy groups -OCH3 is 4. The van der Waals surface area contributed by atoms with Crippen molar-refractivity contribution in [2.75, 3.05) is 28.4 Å². The first-order valence-corrected chi connectivity index (χ1v) is 33.3. The molecule has 14 aromatic rings. The molecule has 0 aromatic heterocycles. The topological polar surface area (TPSA) is 93.9 Å². The maximum absolute atomic E-state index is 15.8. The zero-order chi connectivity index (χ0) is 62.7. The number of hydrogen-bond donors (Lipinski definition) is 0. The van der Waals surface area contributed by atoms with E-state index in [9.17, 15) is 4.57 Å².